The fraction of sp³-hybridized carbons (Fsp3) is 0.714. The number of carbonyl (C=O) groups is 2. The van der Waals surface area contributed by atoms with Crippen molar-refractivity contribution in [3.63, 3.8) is 0 Å². The van der Waals surface area contributed by atoms with Gasteiger partial charge in [0.25, 0.3) is 0 Å². The number of allylic oxidation sites excluding steroid dienone is 1. The predicted octanol–water partition coefficient (Wildman–Crippen LogP) is 3.14. The Hall–Kier alpha value is -1.12. The molecule has 98 valence electrons. The average molecular weight is 240 g/mol. The fourth-order valence-corrected chi connectivity index (χ4v) is 1.69. The predicted molar refractivity (Wildman–Crippen MR) is 68.6 cm³/mol. The van der Waals surface area contributed by atoms with Gasteiger partial charge in [0.2, 0.25) is 5.78 Å². The first-order valence-electron chi connectivity index (χ1n) is 6.14. The largest absolute Gasteiger partial charge is 0.457 e. The molecule has 3 heteroatoms. The molecular weight excluding hydrogens is 216 g/mol. The maximum absolute atomic E-state index is 12.1. The molecule has 0 spiro atoms. The van der Waals surface area contributed by atoms with Crippen LogP contribution >= 0.6 is 0 Å². The molecule has 0 aliphatic heterocycles. The monoisotopic (exact) mass is 240 g/mol. The Morgan fingerprint density at radius 1 is 1.35 bits per heavy atom. The van der Waals surface area contributed by atoms with Gasteiger partial charge in [0.1, 0.15) is 0 Å². The van der Waals surface area contributed by atoms with Gasteiger partial charge in [-0.05, 0) is 25.7 Å². The molecule has 17 heavy (non-hydrogen) atoms. The number of ether oxygens (including phenoxy) is 1. The van der Waals surface area contributed by atoms with Crippen LogP contribution in [0, 0.1) is 11.3 Å². The second-order valence-corrected chi connectivity index (χ2v) is 5.19. The third-order valence-corrected chi connectivity index (χ3v) is 2.86. The Labute approximate surface area is 104 Å². The van der Waals surface area contributed by atoms with Crippen molar-refractivity contribution in [1.29, 1.82) is 0 Å². The smallest absolute Gasteiger partial charge is 0.375 e. The van der Waals surface area contributed by atoms with Crippen LogP contribution in [0.2, 0.25) is 0 Å². The van der Waals surface area contributed by atoms with E-state index in [1.54, 1.807) is 19.9 Å². The molecule has 1 atom stereocenters. The van der Waals surface area contributed by atoms with E-state index in [2.05, 4.69) is 6.58 Å². The van der Waals surface area contributed by atoms with Crippen LogP contribution in [0.15, 0.2) is 12.7 Å². The van der Waals surface area contributed by atoms with Gasteiger partial charge in [-0.25, -0.2) is 4.79 Å². The third kappa shape index (κ3) is 4.72. The third-order valence-electron chi connectivity index (χ3n) is 2.86. The fourth-order valence-electron chi connectivity index (χ4n) is 1.69. The van der Waals surface area contributed by atoms with E-state index in [9.17, 15) is 9.59 Å². The van der Waals surface area contributed by atoms with Crippen molar-refractivity contribution in [3.8, 4) is 0 Å². The van der Waals surface area contributed by atoms with Crippen LogP contribution in [0.1, 0.15) is 47.5 Å². The molecule has 0 aromatic heterocycles. The van der Waals surface area contributed by atoms with Crippen molar-refractivity contribution in [1.82, 2.24) is 0 Å². The van der Waals surface area contributed by atoms with Crippen molar-refractivity contribution in [2.75, 3.05) is 0 Å². The van der Waals surface area contributed by atoms with Crippen LogP contribution < -0.4 is 0 Å². The summed E-state index contributed by atoms with van der Waals surface area (Å²) in [4.78, 5) is 23.7. The van der Waals surface area contributed by atoms with E-state index < -0.39 is 11.8 Å². The standard InChI is InChI=1S/C14H24O3/c1-7-9-11(14(5,6)8-2)12(15)13(16)17-10(3)4/h8,10-11H,2,7,9H2,1,3-6H3/t11-/m1/s1. The zero-order valence-electron chi connectivity index (χ0n) is 11.6. The summed E-state index contributed by atoms with van der Waals surface area (Å²) < 4.78 is 4.96. The van der Waals surface area contributed by atoms with Crippen molar-refractivity contribution in [2.24, 2.45) is 11.3 Å². The Morgan fingerprint density at radius 3 is 2.24 bits per heavy atom. The van der Waals surface area contributed by atoms with E-state index in [0.717, 1.165) is 6.42 Å². The van der Waals surface area contributed by atoms with E-state index >= 15 is 0 Å². The first-order valence-corrected chi connectivity index (χ1v) is 6.14. The van der Waals surface area contributed by atoms with Crippen LogP contribution in [-0.4, -0.2) is 17.9 Å². The van der Waals surface area contributed by atoms with E-state index in [1.165, 1.54) is 0 Å². The first kappa shape index (κ1) is 15.9. The number of Topliss-reactive ketones (excluding diaryl/α,β-unsaturated/α-hetero) is 1. The molecule has 0 amide bonds. The number of esters is 1. The molecule has 0 saturated carbocycles. The maximum atomic E-state index is 12.1. The SMILES string of the molecule is C=CC(C)(C)[C@H](CCC)C(=O)C(=O)OC(C)C. The number of carbonyl (C=O) groups excluding carboxylic acids is 2. The number of hydrogen-bond donors (Lipinski definition) is 0. The molecular formula is C14H24O3. The lowest BCUT2D eigenvalue weighted by Gasteiger charge is -2.29. The lowest BCUT2D eigenvalue weighted by atomic mass is 9.74. The minimum absolute atomic E-state index is 0.263. The summed E-state index contributed by atoms with van der Waals surface area (Å²) in [5, 5.41) is 0. The minimum atomic E-state index is -0.728. The lowest BCUT2D eigenvalue weighted by Crippen LogP contribution is -2.36. The van der Waals surface area contributed by atoms with Crippen molar-refractivity contribution < 1.29 is 14.3 Å². The second-order valence-electron chi connectivity index (χ2n) is 5.19. The molecule has 0 fully saturated rings. The highest BCUT2D eigenvalue weighted by Gasteiger charge is 2.36. The van der Waals surface area contributed by atoms with Crippen LogP contribution in [0.4, 0.5) is 0 Å². The average Bonchev–Trinajstić information content (AvgIpc) is 2.23. The van der Waals surface area contributed by atoms with E-state index in [-0.39, 0.29) is 17.4 Å². The zero-order valence-corrected chi connectivity index (χ0v) is 11.6. The van der Waals surface area contributed by atoms with Crippen LogP contribution in [0.5, 0.6) is 0 Å². The Balaban J connectivity index is 4.89. The van der Waals surface area contributed by atoms with Gasteiger partial charge in [-0.1, -0.05) is 33.3 Å². The molecule has 0 saturated heterocycles. The normalized spacial score (nSPS) is 13.3. The highest BCUT2D eigenvalue weighted by Crippen LogP contribution is 2.32. The molecule has 0 aromatic rings. The van der Waals surface area contributed by atoms with Crippen molar-refractivity contribution in [2.45, 2.75) is 53.6 Å². The summed E-state index contributed by atoms with van der Waals surface area (Å²) in [5.74, 6) is -1.52. The molecule has 0 aromatic carbocycles. The molecule has 0 bridgehead atoms. The maximum Gasteiger partial charge on any atom is 0.375 e. The van der Waals surface area contributed by atoms with Gasteiger partial charge in [0, 0.05) is 5.92 Å². The highest BCUT2D eigenvalue weighted by atomic mass is 16.5. The van der Waals surface area contributed by atoms with Gasteiger partial charge >= 0.3 is 5.97 Å². The van der Waals surface area contributed by atoms with E-state index in [0.29, 0.717) is 6.42 Å². The van der Waals surface area contributed by atoms with Gasteiger partial charge in [0.15, 0.2) is 0 Å². The second kappa shape index (κ2) is 6.58. The summed E-state index contributed by atoms with van der Waals surface area (Å²) >= 11 is 0. The molecule has 0 rings (SSSR count). The Morgan fingerprint density at radius 2 is 1.88 bits per heavy atom. The topological polar surface area (TPSA) is 43.4 Å². The van der Waals surface area contributed by atoms with Gasteiger partial charge in [0.05, 0.1) is 6.10 Å². The van der Waals surface area contributed by atoms with Crippen molar-refractivity contribution >= 4 is 11.8 Å². The highest BCUT2D eigenvalue weighted by molar-refractivity contribution is 6.34. The van der Waals surface area contributed by atoms with E-state index in [4.69, 9.17) is 4.74 Å². The molecule has 3 nitrogen and oxygen atoms in total. The molecule has 0 N–H and O–H groups in total. The number of ketones is 1. The Bertz CT molecular complexity index is 290. The molecule has 0 unspecified atom stereocenters. The van der Waals surface area contributed by atoms with Gasteiger partial charge < -0.3 is 4.74 Å². The van der Waals surface area contributed by atoms with Crippen molar-refractivity contribution in [3.05, 3.63) is 12.7 Å². The summed E-state index contributed by atoms with van der Waals surface area (Å²) in [7, 11) is 0. The molecule has 0 aliphatic rings. The Kier molecular flexibility index (Phi) is 6.14. The number of rotatable bonds is 7. The van der Waals surface area contributed by atoms with Crippen LogP contribution in [-0.2, 0) is 14.3 Å². The lowest BCUT2D eigenvalue weighted by molar-refractivity contribution is -0.159. The van der Waals surface area contributed by atoms with E-state index in [1.807, 2.05) is 20.8 Å². The summed E-state index contributed by atoms with van der Waals surface area (Å²) in [5.41, 5.74) is -0.386. The number of hydrogen-bond acceptors (Lipinski definition) is 3. The quantitative estimate of drug-likeness (QED) is 0.390. The van der Waals surface area contributed by atoms with Crippen LogP contribution in [0.25, 0.3) is 0 Å². The van der Waals surface area contributed by atoms with Crippen LogP contribution in [0.3, 0.4) is 0 Å². The summed E-state index contributed by atoms with van der Waals surface area (Å²) in [6.07, 6.45) is 2.99. The zero-order chi connectivity index (χ0) is 13.6. The first-order chi connectivity index (χ1) is 7.76. The molecule has 0 radical (unpaired) electrons. The molecule has 0 heterocycles. The van der Waals surface area contributed by atoms with Gasteiger partial charge in [-0.15, -0.1) is 6.58 Å². The van der Waals surface area contributed by atoms with Gasteiger partial charge in [-0.3, -0.25) is 4.79 Å². The van der Waals surface area contributed by atoms with Gasteiger partial charge in [-0.2, -0.15) is 0 Å². The summed E-state index contributed by atoms with van der Waals surface area (Å²) in [6, 6.07) is 0. The molecule has 0 aliphatic carbocycles. The minimum Gasteiger partial charge on any atom is -0.457 e. The summed E-state index contributed by atoms with van der Waals surface area (Å²) in [6.45, 7) is 13.0.